The summed E-state index contributed by atoms with van der Waals surface area (Å²) in [6.07, 6.45) is 5.39. The van der Waals surface area contributed by atoms with Crippen LogP contribution in [-0.4, -0.2) is 50.9 Å². The maximum Gasteiger partial charge on any atom is 0.407 e. The predicted octanol–water partition coefficient (Wildman–Crippen LogP) is 3.46. The van der Waals surface area contributed by atoms with E-state index < -0.39 is 11.7 Å². The van der Waals surface area contributed by atoms with Gasteiger partial charge in [-0.1, -0.05) is 30.3 Å². The van der Waals surface area contributed by atoms with Gasteiger partial charge in [0.05, 0.1) is 24.6 Å². The minimum atomic E-state index is -0.521. The second-order valence-electron chi connectivity index (χ2n) is 9.21. The van der Waals surface area contributed by atoms with Crippen LogP contribution in [0.5, 0.6) is 0 Å². The Kier molecular flexibility index (Phi) is 7.42. The zero-order chi connectivity index (χ0) is 24.0. The summed E-state index contributed by atoms with van der Waals surface area (Å²) >= 11 is 0. The van der Waals surface area contributed by atoms with Crippen LogP contribution in [0.2, 0.25) is 0 Å². The van der Waals surface area contributed by atoms with Crippen LogP contribution in [0, 0.1) is 0 Å². The summed E-state index contributed by atoms with van der Waals surface area (Å²) in [7, 11) is 0. The number of hydrogen-bond donors (Lipinski definition) is 2. The van der Waals surface area contributed by atoms with Crippen LogP contribution in [0.3, 0.4) is 0 Å². The number of rotatable bonds is 8. The third-order valence-corrected chi connectivity index (χ3v) is 5.28. The van der Waals surface area contributed by atoms with Gasteiger partial charge in [-0.2, -0.15) is 4.98 Å². The highest BCUT2D eigenvalue weighted by Gasteiger charge is 2.19. The lowest BCUT2D eigenvalue weighted by Gasteiger charge is -2.20. The standard InChI is InChI=1S/C25H32N6O3/c1-25(2,3)34-24(32)27-13-10-19-15-31(17-28-19)23-29-21-11-14-33-16-20(21)22(30-23)26-12-9-18-7-5-4-6-8-18/h4-8,15,17H,9-14,16H2,1-3H3,(H,27,32)(H,26,29,30). The smallest absolute Gasteiger partial charge is 0.407 e. The molecule has 9 heteroatoms. The summed E-state index contributed by atoms with van der Waals surface area (Å²) in [5.41, 5.74) is 3.60. The van der Waals surface area contributed by atoms with Crippen molar-refractivity contribution in [3.63, 3.8) is 0 Å². The Balaban J connectivity index is 1.42. The lowest BCUT2D eigenvalue weighted by atomic mass is 10.1. The number of carbonyl (C=O) groups excluding carboxylic acids is 1. The number of alkyl carbamates (subject to hydrolysis) is 1. The molecule has 180 valence electrons. The highest BCUT2D eigenvalue weighted by atomic mass is 16.6. The third-order valence-electron chi connectivity index (χ3n) is 5.28. The molecule has 2 aromatic heterocycles. The number of nitrogens with one attached hydrogen (secondary N) is 2. The summed E-state index contributed by atoms with van der Waals surface area (Å²) in [6.45, 7) is 7.86. The van der Waals surface area contributed by atoms with E-state index in [9.17, 15) is 4.79 Å². The minimum Gasteiger partial charge on any atom is -0.444 e. The zero-order valence-electron chi connectivity index (χ0n) is 20.0. The van der Waals surface area contributed by atoms with Crippen molar-refractivity contribution in [1.29, 1.82) is 0 Å². The molecule has 3 heterocycles. The molecule has 0 aliphatic carbocycles. The Morgan fingerprint density at radius 1 is 1.15 bits per heavy atom. The maximum absolute atomic E-state index is 11.8. The van der Waals surface area contributed by atoms with Crippen LogP contribution in [-0.2, 0) is 35.3 Å². The normalized spacial score (nSPS) is 13.3. The number of ether oxygens (including phenoxy) is 2. The van der Waals surface area contributed by atoms with Gasteiger partial charge in [0.15, 0.2) is 0 Å². The summed E-state index contributed by atoms with van der Waals surface area (Å²) in [4.78, 5) is 25.8. The van der Waals surface area contributed by atoms with E-state index in [1.165, 1.54) is 5.56 Å². The number of amides is 1. The van der Waals surface area contributed by atoms with Gasteiger partial charge in [0.1, 0.15) is 17.7 Å². The van der Waals surface area contributed by atoms with Crippen molar-refractivity contribution in [3.05, 3.63) is 65.4 Å². The molecule has 0 unspecified atom stereocenters. The quantitative estimate of drug-likeness (QED) is 0.526. The van der Waals surface area contributed by atoms with Crippen LogP contribution in [0.25, 0.3) is 5.95 Å². The molecule has 1 aliphatic heterocycles. The topological polar surface area (TPSA) is 103 Å². The van der Waals surface area contributed by atoms with Crippen molar-refractivity contribution in [2.45, 2.75) is 52.2 Å². The van der Waals surface area contributed by atoms with Crippen LogP contribution < -0.4 is 10.6 Å². The fourth-order valence-corrected chi connectivity index (χ4v) is 3.66. The van der Waals surface area contributed by atoms with Crippen molar-refractivity contribution in [1.82, 2.24) is 24.8 Å². The van der Waals surface area contributed by atoms with Crippen molar-refractivity contribution in [2.24, 2.45) is 0 Å². The lowest BCUT2D eigenvalue weighted by molar-refractivity contribution is 0.0528. The lowest BCUT2D eigenvalue weighted by Crippen LogP contribution is -2.33. The molecule has 0 bridgehead atoms. The first-order valence-corrected chi connectivity index (χ1v) is 11.6. The van der Waals surface area contributed by atoms with Crippen LogP contribution in [0.1, 0.15) is 43.3 Å². The SMILES string of the molecule is CC(C)(C)OC(=O)NCCc1cn(-c2nc3c(c(NCCc4ccccc4)n2)COCC3)cn1. The first kappa shape index (κ1) is 23.7. The summed E-state index contributed by atoms with van der Waals surface area (Å²) < 4.78 is 12.7. The Morgan fingerprint density at radius 3 is 2.76 bits per heavy atom. The van der Waals surface area contributed by atoms with Gasteiger partial charge in [0.2, 0.25) is 5.95 Å². The number of imidazole rings is 1. The van der Waals surface area contributed by atoms with E-state index in [2.05, 4.69) is 27.8 Å². The number of carbonyl (C=O) groups is 1. The molecule has 0 fully saturated rings. The molecule has 1 amide bonds. The summed E-state index contributed by atoms with van der Waals surface area (Å²) in [5, 5.41) is 6.24. The fraction of sp³-hybridized carbons (Fsp3) is 0.440. The largest absolute Gasteiger partial charge is 0.444 e. The van der Waals surface area contributed by atoms with Gasteiger partial charge in [0.25, 0.3) is 0 Å². The Labute approximate surface area is 199 Å². The molecule has 3 aromatic rings. The van der Waals surface area contributed by atoms with E-state index in [1.54, 1.807) is 6.33 Å². The van der Waals surface area contributed by atoms with Gasteiger partial charge in [-0.25, -0.2) is 14.8 Å². The average molecular weight is 465 g/mol. The summed E-state index contributed by atoms with van der Waals surface area (Å²) in [5.74, 6) is 1.37. The number of benzene rings is 1. The van der Waals surface area contributed by atoms with Gasteiger partial charge >= 0.3 is 6.09 Å². The van der Waals surface area contributed by atoms with Crippen molar-refractivity contribution >= 4 is 11.9 Å². The van der Waals surface area contributed by atoms with E-state index in [4.69, 9.17) is 19.4 Å². The molecule has 4 rings (SSSR count). The van der Waals surface area contributed by atoms with Gasteiger partial charge in [-0.15, -0.1) is 0 Å². The Hall–Kier alpha value is -3.46. The average Bonchev–Trinajstić information content (AvgIpc) is 3.27. The maximum atomic E-state index is 11.8. The monoisotopic (exact) mass is 464 g/mol. The third kappa shape index (κ3) is 6.54. The van der Waals surface area contributed by atoms with Crippen molar-refractivity contribution in [3.8, 4) is 5.95 Å². The molecule has 1 aliphatic rings. The fourth-order valence-electron chi connectivity index (χ4n) is 3.66. The van der Waals surface area contributed by atoms with Gasteiger partial charge in [0, 0.05) is 37.7 Å². The predicted molar refractivity (Wildman–Crippen MR) is 129 cm³/mol. The Bertz CT molecular complexity index is 1110. The number of nitrogens with zero attached hydrogens (tertiary/aromatic N) is 4. The first-order valence-electron chi connectivity index (χ1n) is 11.6. The van der Waals surface area contributed by atoms with Gasteiger partial charge in [-0.3, -0.25) is 4.57 Å². The number of fused-ring (bicyclic) bond motifs is 1. The van der Waals surface area contributed by atoms with E-state index in [1.807, 2.05) is 49.7 Å². The molecule has 9 nitrogen and oxygen atoms in total. The van der Waals surface area contributed by atoms with Crippen LogP contribution in [0.15, 0.2) is 42.9 Å². The first-order chi connectivity index (χ1) is 16.4. The zero-order valence-corrected chi connectivity index (χ0v) is 20.0. The Morgan fingerprint density at radius 2 is 1.97 bits per heavy atom. The number of aromatic nitrogens is 4. The number of anilines is 1. The van der Waals surface area contributed by atoms with E-state index in [0.29, 0.717) is 32.1 Å². The highest BCUT2D eigenvalue weighted by molar-refractivity contribution is 5.67. The van der Waals surface area contributed by atoms with E-state index >= 15 is 0 Å². The molecule has 34 heavy (non-hydrogen) atoms. The molecule has 0 spiro atoms. The van der Waals surface area contributed by atoms with E-state index in [-0.39, 0.29) is 0 Å². The van der Waals surface area contributed by atoms with Crippen molar-refractivity contribution in [2.75, 3.05) is 25.0 Å². The summed E-state index contributed by atoms with van der Waals surface area (Å²) in [6, 6.07) is 10.4. The minimum absolute atomic E-state index is 0.431. The molecule has 0 saturated heterocycles. The molecule has 0 saturated carbocycles. The van der Waals surface area contributed by atoms with Gasteiger partial charge in [-0.05, 0) is 32.8 Å². The van der Waals surface area contributed by atoms with Crippen LogP contribution in [0.4, 0.5) is 10.6 Å². The molecular weight excluding hydrogens is 432 g/mol. The molecule has 2 N–H and O–H groups in total. The number of hydrogen-bond acceptors (Lipinski definition) is 7. The highest BCUT2D eigenvalue weighted by Crippen LogP contribution is 2.23. The second-order valence-corrected chi connectivity index (χ2v) is 9.21. The van der Waals surface area contributed by atoms with Crippen LogP contribution >= 0.6 is 0 Å². The van der Waals surface area contributed by atoms with Gasteiger partial charge < -0.3 is 20.1 Å². The van der Waals surface area contributed by atoms with Crippen molar-refractivity contribution < 1.29 is 14.3 Å². The molecule has 0 radical (unpaired) electrons. The molecule has 1 aromatic carbocycles. The molecular formula is C25H32N6O3. The molecule has 0 atom stereocenters. The second kappa shape index (κ2) is 10.6. The van der Waals surface area contributed by atoms with E-state index in [0.717, 1.165) is 42.2 Å².